The summed E-state index contributed by atoms with van der Waals surface area (Å²) in [5.74, 6) is 0.803. The summed E-state index contributed by atoms with van der Waals surface area (Å²) in [6.07, 6.45) is 1.80. The Bertz CT molecular complexity index is 276. The van der Waals surface area contributed by atoms with E-state index in [1.165, 1.54) is 0 Å². The first-order valence-corrected chi connectivity index (χ1v) is 8.08. The molecule has 0 fully saturated rings. The Morgan fingerprint density at radius 3 is 2.53 bits per heavy atom. The monoisotopic (exact) mass is 311 g/mol. The molecule has 1 amide bonds. The molecule has 1 atom stereocenters. The van der Waals surface area contributed by atoms with Crippen molar-refractivity contribution in [3.63, 3.8) is 0 Å². The lowest BCUT2D eigenvalue weighted by molar-refractivity contribution is -0.147. The van der Waals surface area contributed by atoms with Crippen molar-refractivity contribution in [2.45, 2.75) is 26.3 Å². The van der Waals surface area contributed by atoms with Gasteiger partial charge in [0, 0.05) is 0 Å². The molecule has 112 valence electrons. The minimum absolute atomic E-state index is 0.115. The van der Waals surface area contributed by atoms with Crippen molar-refractivity contribution < 1.29 is 19.1 Å². The molecule has 5 nitrogen and oxygen atoms in total. The summed E-state index contributed by atoms with van der Waals surface area (Å²) >= 11 is 7.01. The molecule has 0 aromatic heterocycles. The van der Waals surface area contributed by atoms with Crippen LogP contribution in [0.3, 0.4) is 0 Å². The molecule has 0 aliphatic rings. The van der Waals surface area contributed by atoms with Gasteiger partial charge in [-0.15, -0.1) is 11.6 Å². The number of alkyl halides is 1. The van der Waals surface area contributed by atoms with Gasteiger partial charge in [0.25, 0.3) is 0 Å². The Morgan fingerprint density at radius 1 is 1.32 bits per heavy atom. The SMILES string of the molecule is CSCCC(NC(=O)OCCCl)C(=O)OCC(C)C. The third-order valence-corrected chi connectivity index (χ3v) is 2.85. The summed E-state index contributed by atoms with van der Waals surface area (Å²) in [5.41, 5.74) is 0. The number of esters is 1. The van der Waals surface area contributed by atoms with E-state index < -0.39 is 18.1 Å². The van der Waals surface area contributed by atoms with Gasteiger partial charge < -0.3 is 14.8 Å². The molecule has 0 radical (unpaired) electrons. The van der Waals surface area contributed by atoms with E-state index in [0.717, 1.165) is 5.75 Å². The van der Waals surface area contributed by atoms with Crippen LogP contribution in [-0.2, 0) is 14.3 Å². The number of hydrogen-bond acceptors (Lipinski definition) is 5. The Labute approximate surface area is 123 Å². The van der Waals surface area contributed by atoms with Gasteiger partial charge in [-0.25, -0.2) is 9.59 Å². The van der Waals surface area contributed by atoms with E-state index in [2.05, 4.69) is 5.32 Å². The molecule has 0 saturated carbocycles. The number of rotatable bonds is 9. The molecule has 0 bridgehead atoms. The van der Waals surface area contributed by atoms with Crippen molar-refractivity contribution in [3.8, 4) is 0 Å². The summed E-state index contributed by atoms with van der Waals surface area (Å²) < 4.78 is 9.90. The number of alkyl carbamates (subject to hydrolysis) is 1. The average Bonchev–Trinajstić information content (AvgIpc) is 2.38. The first-order chi connectivity index (χ1) is 9.01. The molecular formula is C12H22ClNO4S. The van der Waals surface area contributed by atoms with E-state index in [0.29, 0.717) is 13.0 Å². The van der Waals surface area contributed by atoms with Crippen LogP contribution >= 0.6 is 23.4 Å². The average molecular weight is 312 g/mol. The van der Waals surface area contributed by atoms with Crippen LogP contribution in [0.1, 0.15) is 20.3 Å². The van der Waals surface area contributed by atoms with Crippen LogP contribution in [0.25, 0.3) is 0 Å². The molecule has 19 heavy (non-hydrogen) atoms. The summed E-state index contributed by atoms with van der Waals surface area (Å²) in [7, 11) is 0. The number of thioether (sulfide) groups is 1. The number of carbonyl (C=O) groups excluding carboxylic acids is 2. The van der Waals surface area contributed by atoms with Gasteiger partial charge in [-0.3, -0.25) is 0 Å². The number of hydrogen-bond donors (Lipinski definition) is 1. The maximum Gasteiger partial charge on any atom is 0.407 e. The standard InChI is InChI=1S/C12H22ClNO4S/c1-9(2)8-18-11(15)10(4-7-19-3)14-12(16)17-6-5-13/h9-10H,4-8H2,1-3H3,(H,14,16). The fourth-order valence-electron chi connectivity index (χ4n) is 1.15. The van der Waals surface area contributed by atoms with E-state index >= 15 is 0 Å². The van der Waals surface area contributed by atoms with Gasteiger partial charge in [0.15, 0.2) is 0 Å². The number of halogens is 1. The molecule has 0 aromatic carbocycles. The lowest BCUT2D eigenvalue weighted by Gasteiger charge is -2.17. The normalized spacial score (nSPS) is 12.1. The van der Waals surface area contributed by atoms with E-state index in [1.54, 1.807) is 11.8 Å². The van der Waals surface area contributed by atoms with Crippen LogP contribution in [0, 0.1) is 5.92 Å². The van der Waals surface area contributed by atoms with Crippen molar-refractivity contribution in [1.29, 1.82) is 0 Å². The van der Waals surface area contributed by atoms with Gasteiger partial charge in [0.1, 0.15) is 12.6 Å². The third-order valence-electron chi connectivity index (χ3n) is 2.06. The first-order valence-electron chi connectivity index (χ1n) is 6.16. The van der Waals surface area contributed by atoms with Crippen LogP contribution in [0.4, 0.5) is 4.79 Å². The van der Waals surface area contributed by atoms with Gasteiger partial charge in [0.2, 0.25) is 0 Å². The molecule has 0 aliphatic carbocycles. The fraction of sp³-hybridized carbons (Fsp3) is 0.833. The Hall–Kier alpha value is -0.620. The minimum atomic E-state index is -0.672. The maximum atomic E-state index is 11.8. The van der Waals surface area contributed by atoms with Crippen LogP contribution in [0.2, 0.25) is 0 Å². The predicted molar refractivity (Wildman–Crippen MR) is 77.8 cm³/mol. The highest BCUT2D eigenvalue weighted by atomic mass is 35.5. The van der Waals surface area contributed by atoms with E-state index in [4.69, 9.17) is 21.1 Å². The van der Waals surface area contributed by atoms with E-state index in [9.17, 15) is 9.59 Å². The molecule has 1 N–H and O–H groups in total. The molecule has 0 saturated heterocycles. The van der Waals surface area contributed by atoms with Gasteiger partial charge in [-0.1, -0.05) is 13.8 Å². The molecule has 0 aliphatic heterocycles. The zero-order valence-electron chi connectivity index (χ0n) is 11.6. The third kappa shape index (κ3) is 9.90. The van der Waals surface area contributed by atoms with Gasteiger partial charge >= 0.3 is 12.1 Å². The van der Waals surface area contributed by atoms with Crippen LogP contribution in [0.5, 0.6) is 0 Å². The van der Waals surface area contributed by atoms with E-state index in [-0.39, 0.29) is 18.4 Å². The van der Waals surface area contributed by atoms with Crippen LogP contribution in [-0.4, -0.2) is 49.2 Å². The lowest BCUT2D eigenvalue weighted by Crippen LogP contribution is -2.43. The Kier molecular flexibility index (Phi) is 10.9. The molecular weight excluding hydrogens is 290 g/mol. The zero-order chi connectivity index (χ0) is 14.7. The largest absolute Gasteiger partial charge is 0.464 e. The highest BCUT2D eigenvalue weighted by Gasteiger charge is 2.22. The number of carbonyl (C=O) groups is 2. The molecule has 0 aromatic rings. The highest BCUT2D eigenvalue weighted by Crippen LogP contribution is 2.04. The van der Waals surface area contributed by atoms with Gasteiger partial charge in [-0.05, 0) is 24.3 Å². The summed E-state index contributed by atoms with van der Waals surface area (Å²) in [6, 6.07) is -0.672. The molecule has 0 heterocycles. The maximum absolute atomic E-state index is 11.8. The Balaban J connectivity index is 4.27. The van der Waals surface area contributed by atoms with Gasteiger partial charge in [0.05, 0.1) is 12.5 Å². The van der Waals surface area contributed by atoms with Crippen LogP contribution < -0.4 is 5.32 Å². The molecule has 1 unspecified atom stereocenters. The summed E-state index contributed by atoms with van der Waals surface area (Å²) in [4.78, 5) is 23.2. The minimum Gasteiger partial charge on any atom is -0.464 e. The van der Waals surface area contributed by atoms with Crippen molar-refractivity contribution >= 4 is 35.4 Å². The quantitative estimate of drug-likeness (QED) is 0.523. The smallest absolute Gasteiger partial charge is 0.407 e. The van der Waals surface area contributed by atoms with Crippen molar-refractivity contribution in [1.82, 2.24) is 5.32 Å². The first kappa shape index (κ1) is 18.4. The van der Waals surface area contributed by atoms with Crippen molar-refractivity contribution in [2.75, 3.05) is 31.1 Å². The lowest BCUT2D eigenvalue weighted by atomic mass is 10.2. The van der Waals surface area contributed by atoms with Gasteiger partial charge in [-0.2, -0.15) is 11.8 Å². The van der Waals surface area contributed by atoms with Crippen molar-refractivity contribution in [3.05, 3.63) is 0 Å². The highest BCUT2D eigenvalue weighted by molar-refractivity contribution is 7.98. The molecule has 7 heteroatoms. The van der Waals surface area contributed by atoms with Crippen molar-refractivity contribution in [2.24, 2.45) is 5.92 Å². The fourth-order valence-corrected chi connectivity index (χ4v) is 1.70. The summed E-state index contributed by atoms with van der Waals surface area (Å²) in [5, 5.41) is 2.50. The number of ether oxygens (including phenoxy) is 2. The number of nitrogens with one attached hydrogen (secondary N) is 1. The molecule has 0 rings (SSSR count). The topological polar surface area (TPSA) is 64.6 Å². The summed E-state index contributed by atoms with van der Waals surface area (Å²) in [6.45, 7) is 4.36. The molecule has 0 spiro atoms. The number of amides is 1. The Morgan fingerprint density at radius 2 is 2.00 bits per heavy atom. The van der Waals surface area contributed by atoms with E-state index in [1.807, 2.05) is 20.1 Å². The zero-order valence-corrected chi connectivity index (χ0v) is 13.2. The predicted octanol–water partition coefficient (Wildman–Crippen LogP) is 2.27. The van der Waals surface area contributed by atoms with Crippen LogP contribution in [0.15, 0.2) is 0 Å². The second-order valence-electron chi connectivity index (χ2n) is 4.33. The second kappa shape index (κ2) is 11.2. The second-order valence-corrected chi connectivity index (χ2v) is 5.69.